The average molecular weight is 190 g/mol. The van der Waals surface area contributed by atoms with Gasteiger partial charge in [-0.3, -0.25) is 4.79 Å². The molecule has 2 nitrogen and oxygen atoms in total. The molecule has 0 amide bonds. The molecule has 0 bridgehead atoms. The smallest absolute Gasteiger partial charge is 0.252 e. The first-order chi connectivity index (χ1) is 5.09. The van der Waals surface area contributed by atoms with E-state index in [1.54, 1.807) is 6.07 Å². The number of halogens is 2. The number of rotatable bonds is 1. The summed E-state index contributed by atoms with van der Waals surface area (Å²) in [4.78, 5) is 10.6. The van der Waals surface area contributed by atoms with E-state index < -0.39 is 5.24 Å². The SMILES string of the molecule is Nc1cc(Cl)cc(C(=O)Cl)c1. The zero-order valence-electron chi connectivity index (χ0n) is 5.47. The maximum atomic E-state index is 10.6. The van der Waals surface area contributed by atoms with Gasteiger partial charge < -0.3 is 5.73 Å². The predicted octanol–water partition coefficient (Wildman–Crippen LogP) is 2.30. The van der Waals surface area contributed by atoms with Crippen molar-refractivity contribution in [1.29, 1.82) is 0 Å². The van der Waals surface area contributed by atoms with Crippen molar-refractivity contribution in [3.63, 3.8) is 0 Å². The quantitative estimate of drug-likeness (QED) is 0.545. The van der Waals surface area contributed by atoms with Gasteiger partial charge in [0.05, 0.1) is 0 Å². The second-order valence-corrected chi connectivity index (χ2v) is 2.83. The van der Waals surface area contributed by atoms with Crippen LogP contribution in [0.1, 0.15) is 10.4 Å². The van der Waals surface area contributed by atoms with Crippen LogP contribution < -0.4 is 5.73 Å². The Hall–Kier alpha value is -0.730. The topological polar surface area (TPSA) is 43.1 Å². The summed E-state index contributed by atoms with van der Waals surface area (Å²) in [6.45, 7) is 0. The minimum Gasteiger partial charge on any atom is -0.399 e. The lowest BCUT2D eigenvalue weighted by molar-refractivity contribution is 0.108. The van der Waals surface area contributed by atoms with Crippen molar-refractivity contribution in [2.75, 3.05) is 5.73 Å². The standard InChI is InChI=1S/C7H5Cl2NO/c8-5-1-4(7(9)11)2-6(10)3-5/h1-3H,10H2. The van der Waals surface area contributed by atoms with Gasteiger partial charge >= 0.3 is 0 Å². The molecule has 4 heteroatoms. The van der Waals surface area contributed by atoms with Crippen LogP contribution in [0.2, 0.25) is 5.02 Å². The van der Waals surface area contributed by atoms with Gasteiger partial charge in [0.2, 0.25) is 0 Å². The summed E-state index contributed by atoms with van der Waals surface area (Å²) in [6.07, 6.45) is 0. The monoisotopic (exact) mass is 189 g/mol. The molecule has 0 radical (unpaired) electrons. The van der Waals surface area contributed by atoms with Crippen molar-refractivity contribution in [2.45, 2.75) is 0 Å². The van der Waals surface area contributed by atoms with E-state index in [-0.39, 0.29) is 0 Å². The summed E-state index contributed by atoms with van der Waals surface area (Å²) in [5, 5.41) is -0.145. The number of carbonyl (C=O) groups excluding carboxylic acids is 1. The summed E-state index contributed by atoms with van der Waals surface area (Å²) in [5.41, 5.74) is 6.15. The van der Waals surface area contributed by atoms with Gasteiger partial charge in [0.25, 0.3) is 5.24 Å². The molecule has 0 aliphatic heterocycles. The lowest BCUT2D eigenvalue weighted by Gasteiger charge is -1.97. The fourth-order valence-corrected chi connectivity index (χ4v) is 1.08. The minimum absolute atomic E-state index is 0.316. The van der Waals surface area contributed by atoms with Crippen LogP contribution in [0.15, 0.2) is 18.2 Å². The van der Waals surface area contributed by atoms with Crippen molar-refractivity contribution >= 4 is 34.1 Å². The van der Waals surface area contributed by atoms with E-state index in [1.165, 1.54) is 12.1 Å². The molecule has 0 unspecified atom stereocenters. The Labute approximate surface area is 73.9 Å². The van der Waals surface area contributed by atoms with Gasteiger partial charge in [0.1, 0.15) is 0 Å². The molecule has 0 saturated carbocycles. The first kappa shape index (κ1) is 8.37. The third-order valence-corrected chi connectivity index (χ3v) is 1.58. The number of anilines is 1. The van der Waals surface area contributed by atoms with E-state index in [9.17, 15) is 4.79 Å². The second kappa shape index (κ2) is 3.11. The number of nitrogen functional groups attached to an aromatic ring is 1. The predicted molar refractivity (Wildman–Crippen MR) is 46.0 cm³/mol. The summed E-state index contributed by atoms with van der Waals surface area (Å²) >= 11 is 10.8. The number of nitrogens with two attached hydrogens (primary N) is 1. The van der Waals surface area contributed by atoms with E-state index in [0.29, 0.717) is 16.3 Å². The van der Waals surface area contributed by atoms with Gasteiger partial charge in [-0.15, -0.1) is 0 Å². The third kappa shape index (κ3) is 2.10. The number of carbonyl (C=O) groups is 1. The summed E-state index contributed by atoms with van der Waals surface area (Å²) in [5.74, 6) is 0. The van der Waals surface area contributed by atoms with E-state index in [2.05, 4.69) is 0 Å². The van der Waals surface area contributed by atoms with Gasteiger partial charge in [-0.2, -0.15) is 0 Å². The molecule has 1 aromatic carbocycles. The summed E-state index contributed by atoms with van der Waals surface area (Å²) in [6, 6.07) is 4.49. The Morgan fingerprint density at radius 1 is 1.36 bits per heavy atom. The van der Waals surface area contributed by atoms with Gasteiger partial charge in [0.15, 0.2) is 0 Å². The maximum absolute atomic E-state index is 10.6. The first-order valence-electron chi connectivity index (χ1n) is 2.85. The molecule has 0 aliphatic carbocycles. The van der Waals surface area contributed by atoms with E-state index in [1.807, 2.05) is 0 Å². The zero-order valence-corrected chi connectivity index (χ0v) is 6.99. The molecule has 1 rings (SSSR count). The highest BCUT2D eigenvalue weighted by atomic mass is 35.5. The molecule has 0 saturated heterocycles. The normalized spacial score (nSPS) is 9.64. The van der Waals surface area contributed by atoms with E-state index in [4.69, 9.17) is 28.9 Å². The molecule has 2 N–H and O–H groups in total. The van der Waals surface area contributed by atoms with Crippen LogP contribution in [0.25, 0.3) is 0 Å². The van der Waals surface area contributed by atoms with Crippen molar-refractivity contribution in [3.05, 3.63) is 28.8 Å². The average Bonchev–Trinajstić information content (AvgIpc) is 1.85. The van der Waals surface area contributed by atoms with Crippen molar-refractivity contribution in [1.82, 2.24) is 0 Å². The van der Waals surface area contributed by atoms with Gasteiger partial charge in [-0.25, -0.2) is 0 Å². The fraction of sp³-hybridized carbons (Fsp3) is 0. The van der Waals surface area contributed by atoms with E-state index >= 15 is 0 Å². The Bertz CT molecular complexity index is 278. The van der Waals surface area contributed by atoms with Crippen molar-refractivity contribution in [2.24, 2.45) is 0 Å². The molecule has 0 heterocycles. The highest BCUT2D eigenvalue weighted by Crippen LogP contribution is 2.17. The molecule has 0 fully saturated rings. The van der Waals surface area contributed by atoms with Crippen LogP contribution in [0.5, 0.6) is 0 Å². The first-order valence-corrected chi connectivity index (χ1v) is 3.61. The molecular weight excluding hydrogens is 185 g/mol. The zero-order chi connectivity index (χ0) is 8.43. The fourth-order valence-electron chi connectivity index (χ4n) is 0.726. The van der Waals surface area contributed by atoms with Crippen LogP contribution in [0, 0.1) is 0 Å². The maximum Gasteiger partial charge on any atom is 0.252 e. The minimum atomic E-state index is -0.556. The lowest BCUT2D eigenvalue weighted by atomic mass is 10.2. The van der Waals surface area contributed by atoms with E-state index in [0.717, 1.165) is 0 Å². The van der Waals surface area contributed by atoms with Gasteiger partial charge in [-0.1, -0.05) is 11.6 Å². The molecule has 0 spiro atoms. The largest absolute Gasteiger partial charge is 0.399 e. The highest BCUT2D eigenvalue weighted by Gasteiger charge is 2.02. The Kier molecular flexibility index (Phi) is 2.37. The van der Waals surface area contributed by atoms with Gasteiger partial charge in [-0.05, 0) is 29.8 Å². The van der Waals surface area contributed by atoms with Crippen LogP contribution in [0.3, 0.4) is 0 Å². The molecule has 11 heavy (non-hydrogen) atoms. The third-order valence-electron chi connectivity index (χ3n) is 1.15. The van der Waals surface area contributed by atoms with Gasteiger partial charge in [0, 0.05) is 16.3 Å². The Morgan fingerprint density at radius 3 is 2.45 bits per heavy atom. The van der Waals surface area contributed by atoms with Crippen LogP contribution >= 0.6 is 23.2 Å². The van der Waals surface area contributed by atoms with Crippen molar-refractivity contribution < 1.29 is 4.79 Å². The number of hydrogen-bond acceptors (Lipinski definition) is 2. The molecule has 0 atom stereocenters. The summed E-state index contributed by atoms with van der Waals surface area (Å²) in [7, 11) is 0. The highest BCUT2D eigenvalue weighted by molar-refractivity contribution is 6.67. The molecule has 58 valence electrons. The summed E-state index contributed by atoms with van der Waals surface area (Å²) < 4.78 is 0. The van der Waals surface area contributed by atoms with Crippen LogP contribution in [-0.2, 0) is 0 Å². The lowest BCUT2D eigenvalue weighted by Crippen LogP contribution is -1.92. The van der Waals surface area contributed by atoms with Crippen molar-refractivity contribution in [3.8, 4) is 0 Å². The molecule has 1 aromatic rings. The number of benzene rings is 1. The number of hydrogen-bond donors (Lipinski definition) is 1. The molecule has 0 aliphatic rings. The Morgan fingerprint density at radius 2 is 2.00 bits per heavy atom. The Balaban J connectivity index is 3.19. The molecule has 0 aromatic heterocycles. The van der Waals surface area contributed by atoms with Crippen LogP contribution in [-0.4, -0.2) is 5.24 Å². The second-order valence-electron chi connectivity index (χ2n) is 2.05. The van der Waals surface area contributed by atoms with Crippen LogP contribution in [0.4, 0.5) is 5.69 Å². The molecular formula is C7H5Cl2NO.